The van der Waals surface area contributed by atoms with Crippen LogP contribution < -0.4 is 5.32 Å². The number of nitrogens with one attached hydrogen (secondary N) is 1. The molecule has 0 bridgehead atoms. The molecule has 2 aromatic heterocycles. The zero-order valence-corrected chi connectivity index (χ0v) is 15.2. The summed E-state index contributed by atoms with van der Waals surface area (Å²) in [7, 11) is 0. The van der Waals surface area contributed by atoms with E-state index in [-0.39, 0.29) is 12.5 Å². The van der Waals surface area contributed by atoms with E-state index in [1.165, 1.54) is 16.2 Å². The summed E-state index contributed by atoms with van der Waals surface area (Å²) in [5.74, 6) is 0.329. The van der Waals surface area contributed by atoms with Gasteiger partial charge in [0.05, 0.1) is 11.4 Å². The highest BCUT2D eigenvalue weighted by Crippen LogP contribution is 2.31. The summed E-state index contributed by atoms with van der Waals surface area (Å²) in [5.41, 5.74) is 1.30. The third kappa shape index (κ3) is 2.70. The zero-order chi connectivity index (χ0) is 18.3. The molecule has 3 aromatic rings. The molecule has 1 atom stereocenters. The normalized spacial score (nSPS) is 19.8. The summed E-state index contributed by atoms with van der Waals surface area (Å²) in [4.78, 5) is 27.5. The lowest BCUT2D eigenvalue weighted by Gasteiger charge is -2.22. The van der Waals surface area contributed by atoms with E-state index in [1.807, 2.05) is 48.7 Å². The van der Waals surface area contributed by atoms with Crippen LogP contribution in [0.2, 0.25) is 0 Å². The van der Waals surface area contributed by atoms with E-state index < -0.39 is 11.6 Å². The summed E-state index contributed by atoms with van der Waals surface area (Å²) in [6, 6.07) is 12.8. The molecular formula is C19H17N3O3S. The lowest BCUT2D eigenvalue weighted by molar-refractivity contribution is -0.131. The van der Waals surface area contributed by atoms with Crippen molar-refractivity contribution in [3.05, 3.63) is 64.7 Å². The van der Waals surface area contributed by atoms with Gasteiger partial charge in [-0.25, -0.2) is 4.79 Å². The molecular weight excluding hydrogens is 350 g/mol. The second-order valence-electron chi connectivity index (χ2n) is 6.47. The minimum atomic E-state index is -1.08. The van der Waals surface area contributed by atoms with Crippen molar-refractivity contribution in [2.24, 2.45) is 0 Å². The molecule has 6 nitrogen and oxygen atoms in total. The fraction of sp³-hybridized carbons (Fsp3) is 0.211. The number of thiophene rings is 1. The van der Waals surface area contributed by atoms with Crippen molar-refractivity contribution in [1.29, 1.82) is 0 Å². The quantitative estimate of drug-likeness (QED) is 0.714. The summed E-state index contributed by atoms with van der Waals surface area (Å²) >= 11 is 1.54. The molecule has 0 unspecified atom stereocenters. The Bertz CT molecular complexity index is 962. The van der Waals surface area contributed by atoms with Crippen molar-refractivity contribution in [2.75, 3.05) is 0 Å². The topological polar surface area (TPSA) is 75.4 Å². The SMILES string of the molecule is Cc1ccc([C@]2(C)NC(=O)N(Cc3cc(-c4cccs4)on3)C2=O)cc1. The van der Waals surface area contributed by atoms with Gasteiger partial charge in [0.25, 0.3) is 5.91 Å². The molecule has 3 amide bonds. The van der Waals surface area contributed by atoms with Gasteiger partial charge in [0, 0.05) is 6.07 Å². The van der Waals surface area contributed by atoms with E-state index in [0.717, 1.165) is 16.0 Å². The molecule has 1 saturated heterocycles. The van der Waals surface area contributed by atoms with Crippen LogP contribution in [0, 0.1) is 6.92 Å². The Hall–Kier alpha value is -2.93. The number of amides is 3. The highest BCUT2D eigenvalue weighted by Gasteiger charge is 2.49. The van der Waals surface area contributed by atoms with Gasteiger partial charge in [-0.15, -0.1) is 11.3 Å². The highest BCUT2D eigenvalue weighted by atomic mass is 32.1. The van der Waals surface area contributed by atoms with E-state index in [0.29, 0.717) is 11.5 Å². The lowest BCUT2D eigenvalue weighted by Crippen LogP contribution is -2.40. The van der Waals surface area contributed by atoms with E-state index in [9.17, 15) is 9.59 Å². The first-order chi connectivity index (χ1) is 12.5. The molecule has 1 aromatic carbocycles. The smallest absolute Gasteiger partial charge is 0.325 e. The van der Waals surface area contributed by atoms with E-state index >= 15 is 0 Å². The number of hydrogen-bond donors (Lipinski definition) is 1. The maximum absolute atomic E-state index is 12.9. The van der Waals surface area contributed by atoms with Gasteiger partial charge in [0.1, 0.15) is 11.2 Å². The molecule has 132 valence electrons. The van der Waals surface area contributed by atoms with Crippen LogP contribution in [0.3, 0.4) is 0 Å². The van der Waals surface area contributed by atoms with Crippen LogP contribution in [-0.4, -0.2) is 22.0 Å². The molecule has 0 saturated carbocycles. The van der Waals surface area contributed by atoms with E-state index in [2.05, 4.69) is 10.5 Å². The Morgan fingerprint density at radius 3 is 2.69 bits per heavy atom. The minimum Gasteiger partial charge on any atom is -0.355 e. The number of carbonyl (C=O) groups excluding carboxylic acids is 2. The Morgan fingerprint density at radius 1 is 1.23 bits per heavy atom. The van der Waals surface area contributed by atoms with Gasteiger partial charge < -0.3 is 9.84 Å². The Kier molecular flexibility index (Phi) is 3.88. The molecule has 1 N–H and O–H groups in total. The van der Waals surface area contributed by atoms with Crippen LogP contribution in [0.25, 0.3) is 10.6 Å². The van der Waals surface area contributed by atoms with Crippen LogP contribution in [0.1, 0.15) is 23.7 Å². The van der Waals surface area contributed by atoms with Gasteiger partial charge in [0.2, 0.25) is 0 Å². The first kappa shape index (κ1) is 16.5. The predicted octanol–water partition coefficient (Wildman–Crippen LogP) is 3.68. The molecule has 1 fully saturated rings. The predicted molar refractivity (Wildman–Crippen MR) is 97.4 cm³/mol. The fourth-order valence-electron chi connectivity index (χ4n) is 3.01. The van der Waals surface area contributed by atoms with Crippen LogP contribution in [0.15, 0.2) is 52.4 Å². The third-order valence-corrected chi connectivity index (χ3v) is 5.43. The average Bonchev–Trinajstić information content (AvgIpc) is 3.34. The molecule has 4 rings (SSSR count). The van der Waals surface area contributed by atoms with Crippen molar-refractivity contribution in [1.82, 2.24) is 15.4 Å². The second-order valence-corrected chi connectivity index (χ2v) is 7.42. The number of benzene rings is 1. The number of rotatable bonds is 4. The van der Waals surface area contributed by atoms with Gasteiger partial charge in [0.15, 0.2) is 5.76 Å². The molecule has 0 spiro atoms. The first-order valence-electron chi connectivity index (χ1n) is 8.18. The molecule has 1 aliphatic rings. The number of hydrogen-bond acceptors (Lipinski definition) is 5. The van der Waals surface area contributed by atoms with Crippen molar-refractivity contribution in [3.63, 3.8) is 0 Å². The van der Waals surface area contributed by atoms with E-state index in [1.54, 1.807) is 13.0 Å². The van der Waals surface area contributed by atoms with Gasteiger partial charge in [-0.05, 0) is 30.9 Å². The molecule has 0 aliphatic carbocycles. The van der Waals surface area contributed by atoms with Crippen LogP contribution in [0.4, 0.5) is 4.79 Å². The van der Waals surface area contributed by atoms with Gasteiger partial charge in [-0.2, -0.15) is 0 Å². The van der Waals surface area contributed by atoms with E-state index in [4.69, 9.17) is 4.52 Å². The average molecular weight is 367 g/mol. The van der Waals surface area contributed by atoms with Gasteiger partial charge in [-0.1, -0.05) is 41.1 Å². The number of aryl methyl sites for hydroxylation is 1. The summed E-state index contributed by atoms with van der Waals surface area (Å²) in [5, 5.41) is 8.74. The van der Waals surface area contributed by atoms with Crippen LogP contribution in [-0.2, 0) is 16.9 Å². The van der Waals surface area contributed by atoms with Gasteiger partial charge in [-0.3, -0.25) is 9.69 Å². The third-order valence-electron chi connectivity index (χ3n) is 4.55. The number of imide groups is 1. The first-order valence-corrected chi connectivity index (χ1v) is 9.06. The Balaban J connectivity index is 1.57. The lowest BCUT2D eigenvalue weighted by atomic mass is 9.91. The minimum absolute atomic E-state index is 0.0704. The molecule has 3 heterocycles. The standard InChI is InChI=1S/C19H17N3O3S/c1-12-5-7-13(8-6-12)19(2)17(23)22(18(24)20-19)11-14-10-15(25-21-14)16-4-3-9-26-16/h3-10H,11H2,1-2H3,(H,20,24)/t19-/m0/s1. The van der Waals surface area contributed by atoms with Crippen molar-refractivity contribution >= 4 is 23.3 Å². The summed E-state index contributed by atoms with van der Waals surface area (Å²) in [6.07, 6.45) is 0. The second kappa shape index (κ2) is 6.10. The molecule has 26 heavy (non-hydrogen) atoms. The maximum atomic E-state index is 12.9. The Morgan fingerprint density at radius 2 is 2.00 bits per heavy atom. The number of aromatic nitrogens is 1. The summed E-state index contributed by atoms with van der Waals surface area (Å²) in [6.45, 7) is 3.77. The number of nitrogens with zero attached hydrogens (tertiary/aromatic N) is 2. The Labute approximate surface area is 154 Å². The number of carbonyl (C=O) groups is 2. The van der Waals surface area contributed by atoms with Crippen LogP contribution >= 0.6 is 11.3 Å². The molecule has 1 aliphatic heterocycles. The largest absolute Gasteiger partial charge is 0.355 e. The zero-order valence-electron chi connectivity index (χ0n) is 14.4. The monoisotopic (exact) mass is 367 g/mol. The fourth-order valence-corrected chi connectivity index (χ4v) is 3.68. The van der Waals surface area contributed by atoms with Crippen molar-refractivity contribution in [2.45, 2.75) is 25.9 Å². The highest BCUT2D eigenvalue weighted by molar-refractivity contribution is 7.13. The summed E-state index contributed by atoms with van der Waals surface area (Å²) < 4.78 is 5.33. The van der Waals surface area contributed by atoms with Crippen molar-refractivity contribution in [3.8, 4) is 10.6 Å². The molecule has 0 radical (unpaired) electrons. The maximum Gasteiger partial charge on any atom is 0.325 e. The van der Waals surface area contributed by atoms with Crippen LogP contribution in [0.5, 0.6) is 0 Å². The number of urea groups is 1. The molecule has 7 heteroatoms. The van der Waals surface area contributed by atoms with Gasteiger partial charge >= 0.3 is 6.03 Å². The van der Waals surface area contributed by atoms with Crippen molar-refractivity contribution < 1.29 is 14.1 Å².